The Morgan fingerprint density at radius 3 is 2.36 bits per heavy atom. The summed E-state index contributed by atoms with van der Waals surface area (Å²) in [5, 5.41) is 5.01. The van der Waals surface area contributed by atoms with Crippen molar-refractivity contribution in [3.63, 3.8) is 0 Å². The molecule has 1 fully saturated rings. The van der Waals surface area contributed by atoms with Gasteiger partial charge in [0.15, 0.2) is 0 Å². The van der Waals surface area contributed by atoms with Gasteiger partial charge in [0, 0.05) is 0 Å². The van der Waals surface area contributed by atoms with Crippen LogP contribution in [-0.4, -0.2) is 16.8 Å². The Morgan fingerprint density at radius 2 is 1.61 bits per heavy atom. The van der Waals surface area contributed by atoms with Crippen LogP contribution in [0.3, 0.4) is 0 Å². The first-order valence-corrected chi connectivity index (χ1v) is 13.0. The van der Waals surface area contributed by atoms with Gasteiger partial charge in [0.1, 0.15) is 18.1 Å². The summed E-state index contributed by atoms with van der Waals surface area (Å²) in [6, 6.07) is 25.4. The molecule has 0 bridgehead atoms. The van der Waals surface area contributed by atoms with Gasteiger partial charge < -0.3 is 10.1 Å². The van der Waals surface area contributed by atoms with Gasteiger partial charge >= 0.3 is 6.03 Å². The Labute approximate surface area is 226 Å². The van der Waals surface area contributed by atoms with Crippen LogP contribution in [0.2, 0.25) is 0 Å². The molecule has 0 aliphatic carbocycles. The smallest absolute Gasteiger partial charge is 0.329 e. The summed E-state index contributed by atoms with van der Waals surface area (Å²) in [7, 11) is 0. The molecule has 0 unspecified atom stereocenters. The van der Waals surface area contributed by atoms with Crippen LogP contribution in [-0.2, 0) is 17.9 Å². The zero-order valence-electron chi connectivity index (χ0n) is 19.4. The van der Waals surface area contributed by atoms with E-state index in [2.05, 4.69) is 61.4 Å². The molecule has 0 atom stereocenters. The Bertz CT molecular complexity index is 1480. The number of amides is 3. The Balaban J connectivity index is 1.33. The van der Waals surface area contributed by atoms with Gasteiger partial charge in [0.2, 0.25) is 0 Å². The Kier molecular flexibility index (Phi) is 6.94. The third-order valence-corrected chi connectivity index (χ3v) is 7.19. The molecule has 180 valence electrons. The number of carbonyl (C=O) groups is 2. The van der Waals surface area contributed by atoms with E-state index in [4.69, 9.17) is 4.74 Å². The quantitative estimate of drug-likeness (QED) is 0.185. The predicted molar refractivity (Wildman–Crippen MR) is 148 cm³/mol. The lowest BCUT2D eigenvalue weighted by molar-refractivity contribution is -0.123. The van der Waals surface area contributed by atoms with Crippen molar-refractivity contribution in [2.45, 2.75) is 20.1 Å². The number of hydrogen-bond donors (Lipinski definition) is 1. The van der Waals surface area contributed by atoms with E-state index in [0.717, 1.165) is 36.6 Å². The first kappa shape index (κ1) is 24.3. The minimum Gasteiger partial charge on any atom is -0.487 e. The number of rotatable bonds is 6. The SMILES string of the molecule is Cc1ccc(CN2C(=O)N/C(=C/c3cc(Br)c(OCc4cccc5ccccc45)c(Br)c3)C2=O)cc1. The molecule has 0 spiro atoms. The normalized spacial score (nSPS) is 14.5. The number of hydrogen-bond acceptors (Lipinski definition) is 3. The van der Waals surface area contributed by atoms with Crippen molar-refractivity contribution >= 4 is 60.6 Å². The summed E-state index contributed by atoms with van der Waals surface area (Å²) in [6.07, 6.45) is 1.67. The number of nitrogens with one attached hydrogen (secondary N) is 1. The zero-order valence-corrected chi connectivity index (χ0v) is 22.6. The van der Waals surface area contributed by atoms with Gasteiger partial charge in [0.05, 0.1) is 15.5 Å². The van der Waals surface area contributed by atoms with Crippen molar-refractivity contribution in [1.29, 1.82) is 0 Å². The van der Waals surface area contributed by atoms with E-state index in [9.17, 15) is 9.59 Å². The predicted octanol–water partition coefficient (Wildman–Crippen LogP) is 7.35. The average molecular weight is 606 g/mol. The number of carbonyl (C=O) groups excluding carboxylic acids is 2. The molecule has 1 aliphatic rings. The van der Waals surface area contributed by atoms with Crippen LogP contribution in [0.1, 0.15) is 22.3 Å². The van der Waals surface area contributed by atoms with Crippen LogP contribution in [0.4, 0.5) is 4.79 Å². The summed E-state index contributed by atoms with van der Waals surface area (Å²) in [6.45, 7) is 2.62. The third-order valence-electron chi connectivity index (χ3n) is 6.01. The van der Waals surface area contributed by atoms with Crippen molar-refractivity contribution in [1.82, 2.24) is 10.2 Å². The lowest BCUT2D eigenvalue weighted by atomic mass is 10.1. The Morgan fingerprint density at radius 1 is 0.917 bits per heavy atom. The summed E-state index contributed by atoms with van der Waals surface area (Å²) >= 11 is 7.19. The van der Waals surface area contributed by atoms with E-state index in [1.807, 2.05) is 61.5 Å². The largest absolute Gasteiger partial charge is 0.487 e. The van der Waals surface area contributed by atoms with Gasteiger partial charge in [-0.3, -0.25) is 9.69 Å². The minimum atomic E-state index is -0.431. The maximum atomic E-state index is 12.9. The summed E-state index contributed by atoms with van der Waals surface area (Å²) in [4.78, 5) is 26.6. The van der Waals surface area contributed by atoms with Gasteiger partial charge in [-0.05, 0) is 84.5 Å². The number of urea groups is 1. The van der Waals surface area contributed by atoms with Gasteiger partial charge in [-0.25, -0.2) is 4.79 Å². The molecule has 0 radical (unpaired) electrons. The summed E-state index contributed by atoms with van der Waals surface area (Å²) in [5.41, 5.74) is 4.08. The number of fused-ring (bicyclic) bond motifs is 1. The van der Waals surface area contributed by atoms with Gasteiger partial charge in [-0.15, -0.1) is 0 Å². The van der Waals surface area contributed by atoms with Crippen LogP contribution in [0.15, 0.2) is 93.5 Å². The monoisotopic (exact) mass is 604 g/mol. The number of nitrogens with zero attached hydrogens (tertiary/aromatic N) is 1. The molecule has 0 aromatic heterocycles. The number of imide groups is 1. The summed E-state index contributed by atoms with van der Waals surface area (Å²) < 4.78 is 7.62. The van der Waals surface area contributed by atoms with Crippen molar-refractivity contribution in [2.24, 2.45) is 0 Å². The molecule has 1 heterocycles. The molecule has 0 saturated carbocycles. The first-order chi connectivity index (χ1) is 17.4. The van der Waals surface area contributed by atoms with E-state index in [0.29, 0.717) is 12.4 Å². The fraction of sp³-hybridized carbons (Fsp3) is 0.103. The number of aryl methyl sites for hydroxylation is 1. The molecule has 5 nitrogen and oxygen atoms in total. The highest BCUT2D eigenvalue weighted by Crippen LogP contribution is 2.36. The fourth-order valence-corrected chi connectivity index (χ4v) is 5.58. The van der Waals surface area contributed by atoms with Crippen molar-refractivity contribution in [2.75, 3.05) is 0 Å². The molecule has 4 aromatic rings. The van der Waals surface area contributed by atoms with Crippen LogP contribution in [0.25, 0.3) is 16.8 Å². The standard InChI is InChI=1S/C29H22Br2N2O3/c1-18-9-11-19(12-10-18)16-33-28(34)26(32-29(33)35)15-20-13-24(30)27(25(31)14-20)36-17-22-7-4-6-21-5-2-3-8-23(21)22/h2-15H,16-17H2,1H3,(H,32,35)/b26-15+. The lowest BCUT2D eigenvalue weighted by Gasteiger charge is -2.13. The number of halogens is 2. The van der Waals surface area contributed by atoms with E-state index in [1.54, 1.807) is 6.08 Å². The first-order valence-electron chi connectivity index (χ1n) is 11.4. The van der Waals surface area contributed by atoms with Gasteiger partial charge in [0.25, 0.3) is 5.91 Å². The van der Waals surface area contributed by atoms with Crippen LogP contribution in [0, 0.1) is 6.92 Å². The number of ether oxygens (including phenoxy) is 1. The van der Waals surface area contributed by atoms with Gasteiger partial charge in [-0.2, -0.15) is 0 Å². The van der Waals surface area contributed by atoms with E-state index >= 15 is 0 Å². The molecular weight excluding hydrogens is 584 g/mol. The maximum absolute atomic E-state index is 12.9. The second-order valence-electron chi connectivity index (χ2n) is 8.61. The molecule has 1 N–H and O–H groups in total. The molecule has 1 saturated heterocycles. The highest BCUT2D eigenvalue weighted by Gasteiger charge is 2.33. The summed E-state index contributed by atoms with van der Waals surface area (Å²) in [5.74, 6) is 0.303. The Hall–Kier alpha value is -3.42. The molecule has 3 amide bonds. The molecule has 7 heteroatoms. The second-order valence-corrected chi connectivity index (χ2v) is 10.3. The molecule has 36 heavy (non-hydrogen) atoms. The van der Waals surface area contributed by atoms with Crippen molar-refractivity contribution < 1.29 is 14.3 Å². The van der Waals surface area contributed by atoms with Gasteiger partial charge in [-0.1, -0.05) is 72.3 Å². The van der Waals surface area contributed by atoms with Crippen LogP contribution >= 0.6 is 31.9 Å². The van der Waals surface area contributed by atoms with E-state index in [-0.39, 0.29) is 18.1 Å². The average Bonchev–Trinajstić information content (AvgIpc) is 3.12. The maximum Gasteiger partial charge on any atom is 0.329 e. The highest BCUT2D eigenvalue weighted by molar-refractivity contribution is 9.11. The van der Waals surface area contributed by atoms with Crippen molar-refractivity contribution in [3.05, 3.63) is 116 Å². The second kappa shape index (κ2) is 10.3. The molecule has 4 aromatic carbocycles. The van der Waals surface area contributed by atoms with E-state index < -0.39 is 6.03 Å². The number of benzene rings is 4. The van der Waals surface area contributed by atoms with Crippen LogP contribution < -0.4 is 10.1 Å². The zero-order chi connectivity index (χ0) is 25.2. The fourth-order valence-electron chi connectivity index (χ4n) is 4.13. The lowest BCUT2D eigenvalue weighted by Crippen LogP contribution is -2.30. The molecule has 5 rings (SSSR count). The third kappa shape index (κ3) is 5.08. The van der Waals surface area contributed by atoms with Crippen LogP contribution in [0.5, 0.6) is 5.75 Å². The molecular formula is C29H22Br2N2O3. The minimum absolute atomic E-state index is 0.219. The van der Waals surface area contributed by atoms with Crippen molar-refractivity contribution in [3.8, 4) is 5.75 Å². The highest BCUT2D eigenvalue weighted by atomic mass is 79.9. The molecule has 1 aliphatic heterocycles. The topological polar surface area (TPSA) is 58.6 Å². The van der Waals surface area contributed by atoms with E-state index in [1.165, 1.54) is 10.3 Å².